The average Bonchev–Trinajstić information content (AvgIpc) is 2.58. The number of unbranched alkanes of at least 4 members (excludes halogenated alkanes) is 1. The second-order valence-electron chi connectivity index (χ2n) is 5.98. The van der Waals surface area contributed by atoms with E-state index in [4.69, 9.17) is 0 Å². The number of hydrogen-bond donors (Lipinski definition) is 2. The quantitative estimate of drug-likeness (QED) is 0.528. The minimum atomic E-state index is -4.18. The number of aliphatic carboxylic acids is 1. The Balaban J connectivity index is 2.78. The fraction of sp³-hybridized carbons (Fsp3) is 0.375. The lowest BCUT2D eigenvalue weighted by molar-refractivity contribution is -0.384. The van der Waals surface area contributed by atoms with Crippen molar-refractivity contribution in [2.24, 2.45) is 0 Å². The van der Waals surface area contributed by atoms with E-state index in [0.717, 1.165) is 6.07 Å². The van der Waals surface area contributed by atoms with Crippen LogP contribution in [0.4, 0.5) is 10.5 Å². The number of hydrogen-bond acceptors (Lipinski definition) is 6. The fourth-order valence-corrected chi connectivity index (χ4v) is 4.36. The summed E-state index contributed by atoms with van der Waals surface area (Å²) in [7, 11) is -4.18. The summed E-state index contributed by atoms with van der Waals surface area (Å²) in [6, 6.07) is 2.89. The molecule has 1 aromatic carbocycles. The minimum Gasteiger partial charge on any atom is -0.478 e. The van der Waals surface area contributed by atoms with E-state index in [1.807, 2.05) is 0 Å². The van der Waals surface area contributed by atoms with Crippen molar-refractivity contribution in [2.45, 2.75) is 32.7 Å². The van der Waals surface area contributed by atoms with Crippen molar-refractivity contribution in [1.29, 1.82) is 0 Å². The second-order valence-corrected chi connectivity index (χ2v) is 7.92. The van der Waals surface area contributed by atoms with Gasteiger partial charge in [-0.2, -0.15) is 4.31 Å². The van der Waals surface area contributed by atoms with Crippen LogP contribution in [0.25, 0.3) is 5.70 Å². The van der Waals surface area contributed by atoms with Crippen LogP contribution in [0.2, 0.25) is 0 Å². The molecule has 2 amide bonds. The third-order valence-corrected chi connectivity index (χ3v) is 5.72. The molecular formula is C16H19N3O7S. The standard InChI is InChI=1S/C16H19N3O7S/c1-3-4-8-27(25,26)18-14(11-6-5-7-12(9-11)19(23)24)13(15(20)21)10(2)17-16(18)22/h5-7,9-10H,3-4,8H2,1-2H3,(H,17,22)(H,20,21). The van der Waals surface area contributed by atoms with Gasteiger partial charge in [0.1, 0.15) is 0 Å². The molecule has 0 saturated heterocycles. The van der Waals surface area contributed by atoms with Crippen molar-refractivity contribution in [2.75, 3.05) is 5.75 Å². The van der Waals surface area contributed by atoms with Crippen molar-refractivity contribution in [3.8, 4) is 0 Å². The van der Waals surface area contributed by atoms with E-state index in [0.29, 0.717) is 10.7 Å². The monoisotopic (exact) mass is 397 g/mol. The summed E-state index contributed by atoms with van der Waals surface area (Å²) in [5.41, 5.74) is -1.13. The Morgan fingerprint density at radius 2 is 2.07 bits per heavy atom. The first-order valence-electron chi connectivity index (χ1n) is 8.16. The number of amides is 2. The van der Waals surface area contributed by atoms with Gasteiger partial charge in [0.15, 0.2) is 0 Å². The SMILES string of the molecule is CCCCS(=O)(=O)N1C(=O)NC(C)C(C(=O)O)=C1c1cccc([N+](=O)[O-])c1. The van der Waals surface area contributed by atoms with Crippen molar-refractivity contribution in [1.82, 2.24) is 9.62 Å². The van der Waals surface area contributed by atoms with Crippen LogP contribution in [0.15, 0.2) is 29.8 Å². The Labute approximate surface area is 155 Å². The largest absolute Gasteiger partial charge is 0.478 e. The summed E-state index contributed by atoms with van der Waals surface area (Å²) < 4.78 is 25.9. The van der Waals surface area contributed by atoms with Crippen LogP contribution in [0.1, 0.15) is 32.3 Å². The van der Waals surface area contributed by atoms with E-state index in [2.05, 4.69) is 5.32 Å². The Morgan fingerprint density at radius 1 is 1.41 bits per heavy atom. The second kappa shape index (κ2) is 7.74. The molecule has 27 heavy (non-hydrogen) atoms. The first kappa shape index (κ1) is 20.4. The fourth-order valence-electron chi connectivity index (χ4n) is 2.74. The predicted molar refractivity (Wildman–Crippen MR) is 96.2 cm³/mol. The molecule has 2 rings (SSSR count). The third kappa shape index (κ3) is 4.08. The number of rotatable bonds is 7. The van der Waals surface area contributed by atoms with Gasteiger partial charge < -0.3 is 10.4 Å². The lowest BCUT2D eigenvalue weighted by atomic mass is 9.99. The average molecular weight is 397 g/mol. The molecule has 0 aromatic heterocycles. The lowest BCUT2D eigenvalue weighted by Gasteiger charge is -2.34. The minimum absolute atomic E-state index is 0.0385. The molecule has 2 N–H and O–H groups in total. The first-order chi connectivity index (χ1) is 12.6. The first-order valence-corrected chi connectivity index (χ1v) is 9.76. The number of sulfonamides is 1. The van der Waals surface area contributed by atoms with Gasteiger partial charge in [0.25, 0.3) is 5.69 Å². The molecule has 0 spiro atoms. The molecule has 1 aliphatic rings. The van der Waals surface area contributed by atoms with Crippen molar-refractivity contribution in [3.63, 3.8) is 0 Å². The molecule has 1 aromatic rings. The number of urea groups is 1. The van der Waals surface area contributed by atoms with Gasteiger partial charge in [0.2, 0.25) is 10.0 Å². The van der Waals surface area contributed by atoms with Gasteiger partial charge in [-0.05, 0) is 13.3 Å². The zero-order valence-corrected chi connectivity index (χ0v) is 15.5. The van der Waals surface area contributed by atoms with Gasteiger partial charge in [0, 0.05) is 17.7 Å². The zero-order valence-electron chi connectivity index (χ0n) is 14.7. The summed E-state index contributed by atoms with van der Waals surface area (Å²) in [5, 5.41) is 23.0. The zero-order chi connectivity index (χ0) is 20.4. The maximum Gasteiger partial charge on any atom is 0.336 e. The van der Waals surface area contributed by atoms with Gasteiger partial charge >= 0.3 is 12.0 Å². The number of nitro benzene ring substituents is 1. The Kier molecular flexibility index (Phi) is 5.84. The predicted octanol–water partition coefficient (Wildman–Crippen LogP) is 1.93. The maximum atomic E-state index is 12.7. The van der Waals surface area contributed by atoms with Gasteiger partial charge in [-0.15, -0.1) is 0 Å². The van der Waals surface area contributed by atoms with Crippen molar-refractivity contribution in [3.05, 3.63) is 45.5 Å². The molecule has 1 atom stereocenters. The third-order valence-electron chi connectivity index (χ3n) is 4.01. The number of nitro groups is 1. The van der Waals surface area contributed by atoms with E-state index in [-0.39, 0.29) is 34.7 Å². The smallest absolute Gasteiger partial charge is 0.336 e. The topological polar surface area (TPSA) is 147 Å². The van der Waals surface area contributed by atoms with Crippen molar-refractivity contribution >= 4 is 33.4 Å². The van der Waals surface area contributed by atoms with E-state index in [9.17, 15) is 33.2 Å². The number of nitrogens with one attached hydrogen (secondary N) is 1. The van der Waals surface area contributed by atoms with Crippen LogP contribution in [0.3, 0.4) is 0 Å². The highest BCUT2D eigenvalue weighted by molar-refractivity contribution is 7.89. The van der Waals surface area contributed by atoms with E-state index < -0.39 is 33.0 Å². The van der Waals surface area contributed by atoms with E-state index in [1.165, 1.54) is 25.1 Å². The van der Waals surface area contributed by atoms with Crippen molar-refractivity contribution < 1.29 is 28.0 Å². The molecule has 0 radical (unpaired) electrons. The molecule has 146 valence electrons. The Morgan fingerprint density at radius 3 is 2.63 bits per heavy atom. The number of carboxylic acid groups (broad SMARTS) is 1. The van der Waals surface area contributed by atoms with E-state index >= 15 is 0 Å². The van der Waals surface area contributed by atoms with E-state index in [1.54, 1.807) is 6.92 Å². The van der Waals surface area contributed by atoms with Gasteiger partial charge in [-0.3, -0.25) is 10.1 Å². The Bertz CT molecular complexity index is 924. The van der Waals surface area contributed by atoms with Crippen LogP contribution in [0.5, 0.6) is 0 Å². The Hall–Kier alpha value is -2.95. The summed E-state index contributed by atoms with van der Waals surface area (Å²) >= 11 is 0. The number of nitrogens with zero attached hydrogens (tertiary/aromatic N) is 2. The maximum absolute atomic E-state index is 12.7. The van der Waals surface area contributed by atoms with Gasteiger partial charge in [-0.25, -0.2) is 18.0 Å². The molecular weight excluding hydrogens is 378 g/mol. The molecule has 1 unspecified atom stereocenters. The molecule has 0 saturated carbocycles. The number of carbonyl (C=O) groups excluding carboxylic acids is 1. The lowest BCUT2D eigenvalue weighted by Crippen LogP contribution is -2.53. The van der Waals surface area contributed by atoms with Crippen LogP contribution in [-0.4, -0.2) is 46.5 Å². The van der Waals surface area contributed by atoms with Crippen LogP contribution < -0.4 is 5.32 Å². The summed E-state index contributed by atoms with van der Waals surface area (Å²) in [6.07, 6.45) is 0.818. The molecule has 1 aliphatic heterocycles. The number of carboxylic acids is 1. The highest BCUT2D eigenvalue weighted by Gasteiger charge is 2.41. The normalized spacial score (nSPS) is 17.6. The molecule has 10 nitrogen and oxygen atoms in total. The number of non-ortho nitro benzene ring substituents is 1. The van der Waals surface area contributed by atoms with Crippen LogP contribution in [-0.2, 0) is 14.8 Å². The molecule has 0 aliphatic carbocycles. The highest BCUT2D eigenvalue weighted by Crippen LogP contribution is 2.33. The van der Waals surface area contributed by atoms with Gasteiger partial charge in [0.05, 0.1) is 28.0 Å². The summed E-state index contributed by atoms with van der Waals surface area (Å²) in [6.45, 7) is 3.17. The highest BCUT2D eigenvalue weighted by atomic mass is 32.2. The molecule has 0 fully saturated rings. The van der Waals surface area contributed by atoms with Crippen LogP contribution >= 0.6 is 0 Å². The van der Waals surface area contributed by atoms with Gasteiger partial charge in [-0.1, -0.05) is 25.5 Å². The summed E-state index contributed by atoms with van der Waals surface area (Å²) in [5.74, 6) is -1.80. The number of carbonyl (C=O) groups is 2. The number of benzene rings is 1. The van der Waals surface area contributed by atoms with Crippen LogP contribution in [0, 0.1) is 10.1 Å². The molecule has 11 heteroatoms. The summed E-state index contributed by atoms with van der Waals surface area (Å²) in [4.78, 5) is 34.6. The molecule has 1 heterocycles. The molecule has 0 bridgehead atoms.